The highest BCUT2D eigenvalue weighted by Crippen LogP contribution is 2.19. The van der Waals surface area contributed by atoms with Crippen molar-refractivity contribution in [1.82, 2.24) is 0 Å². The van der Waals surface area contributed by atoms with E-state index in [-0.39, 0.29) is 24.5 Å². The SMILES string of the molecule is CCOC(=O)Cc1c(C#N)cc(F)cc1CCl. The van der Waals surface area contributed by atoms with Gasteiger partial charge < -0.3 is 4.74 Å². The zero-order valence-corrected chi connectivity index (χ0v) is 10.1. The highest BCUT2D eigenvalue weighted by molar-refractivity contribution is 6.17. The second-order valence-electron chi connectivity index (χ2n) is 3.32. The number of alkyl halides is 1. The number of benzene rings is 1. The minimum atomic E-state index is -0.537. The Labute approximate surface area is 104 Å². The normalized spacial score (nSPS) is 9.76. The predicted molar refractivity (Wildman–Crippen MR) is 61.0 cm³/mol. The molecule has 0 atom stereocenters. The molecule has 0 aromatic heterocycles. The molecular weight excluding hydrogens is 245 g/mol. The second kappa shape index (κ2) is 6.21. The summed E-state index contributed by atoms with van der Waals surface area (Å²) >= 11 is 5.67. The molecule has 1 aromatic carbocycles. The molecule has 1 aromatic rings. The Balaban J connectivity index is 3.12. The number of hydrogen-bond donors (Lipinski definition) is 0. The first kappa shape index (κ1) is 13.5. The second-order valence-corrected chi connectivity index (χ2v) is 3.59. The molecule has 0 saturated carbocycles. The average molecular weight is 256 g/mol. The Bertz CT molecular complexity index is 468. The number of rotatable bonds is 4. The van der Waals surface area contributed by atoms with Crippen LogP contribution in [0.25, 0.3) is 0 Å². The summed E-state index contributed by atoms with van der Waals surface area (Å²) in [4.78, 5) is 11.4. The van der Waals surface area contributed by atoms with Crippen LogP contribution in [0.3, 0.4) is 0 Å². The lowest BCUT2D eigenvalue weighted by atomic mass is 9.99. The maximum absolute atomic E-state index is 13.1. The number of ether oxygens (including phenoxy) is 1. The third kappa shape index (κ3) is 3.43. The van der Waals surface area contributed by atoms with Gasteiger partial charge in [-0.3, -0.25) is 4.79 Å². The molecule has 0 heterocycles. The number of esters is 1. The average Bonchev–Trinajstić information content (AvgIpc) is 2.31. The predicted octanol–water partition coefficient (Wildman–Crippen LogP) is 2.54. The summed E-state index contributed by atoms with van der Waals surface area (Å²) < 4.78 is 17.9. The van der Waals surface area contributed by atoms with Crippen molar-refractivity contribution in [3.8, 4) is 6.07 Å². The lowest BCUT2D eigenvalue weighted by molar-refractivity contribution is -0.142. The summed E-state index contributed by atoms with van der Waals surface area (Å²) in [6, 6.07) is 4.16. The number of carbonyl (C=O) groups excluding carboxylic acids is 1. The van der Waals surface area contributed by atoms with Crippen LogP contribution in [-0.4, -0.2) is 12.6 Å². The fraction of sp³-hybridized carbons (Fsp3) is 0.333. The molecule has 0 aliphatic heterocycles. The van der Waals surface area contributed by atoms with E-state index in [9.17, 15) is 9.18 Å². The van der Waals surface area contributed by atoms with Crippen molar-refractivity contribution < 1.29 is 13.9 Å². The van der Waals surface area contributed by atoms with Gasteiger partial charge in [0.05, 0.1) is 24.7 Å². The van der Waals surface area contributed by atoms with Gasteiger partial charge in [-0.25, -0.2) is 4.39 Å². The number of hydrogen-bond acceptors (Lipinski definition) is 3. The van der Waals surface area contributed by atoms with Crippen molar-refractivity contribution in [3.63, 3.8) is 0 Å². The maximum Gasteiger partial charge on any atom is 0.310 e. The Morgan fingerprint density at radius 1 is 1.59 bits per heavy atom. The number of nitrogens with zero attached hydrogens (tertiary/aromatic N) is 1. The minimum Gasteiger partial charge on any atom is -0.466 e. The van der Waals surface area contributed by atoms with Crippen molar-refractivity contribution in [3.05, 3.63) is 34.6 Å². The third-order valence-electron chi connectivity index (χ3n) is 2.20. The van der Waals surface area contributed by atoms with E-state index in [0.717, 1.165) is 6.07 Å². The van der Waals surface area contributed by atoms with E-state index in [1.54, 1.807) is 6.92 Å². The van der Waals surface area contributed by atoms with E-state index in [2.05, 4.69) is 0 Å². The summed E-state index contributed by atoms with van der Waals surface area (Å²) in [6.07, 6.45) is -0.0704. The molecule has 0 N–H and O–H groups in total. The number of halogens is 2. The molecule has 17 heavy (non-hydrogen) atoms. The van der Waals surface area contributed by atoms with E-state index in [1.807, 2.05) is 6.07 Å². The van der Waals surface area contributed by atoms with Crippen LogP contribution in [0.2, 0.25) is 0 Å². The molecule has 5 heteroatoms. The number of carbonyl (C=O) groups is 1. The molecule has 0 bridgehead atoms. The van der Waals surface area contributed by atoms with Gasteiger partial charge in [-0.05, 0) is 30.2 Å². The van der Waals surface area contributed by atoms with Gasteiger partial charge in [0.15, 0.2) is 0 Å². The van der Waals surface area contributed by atoms with Crippen LogP contribution in [-0.2, 0) is 21.8 Å². The van der Waals surface area contributed by atoms with E-state index in [4.69, 9.17) is 21.6 Å². The highest BCUT2D eigenvalue weighted by atomic mass is 35.5. The molecule has 90 valence electrons. The molecule has 1 rings (SSSR count). The van der Waals surface area contributed by atoms with E-state index >= 15 is 0 Å². The Morgan fingerprint density at radius 3 is 2.82 bits per heavy atom. The lowest BCUT2D eigenvalue weighted by Gasteiger charge is -2.09. The smallest absolute Gasteiger partial charge is 0.310 e. The van der Waals surface area contributed by atoms with Crippen LogP contribution < -0.4 is 0 Å². The van der Waals surface area contributed by atoms with Crippen LogP contribution in [0.5, 0.6) is 0 Å². The molecule has 0 unspecified atom stereocenters. The van der Waals surface area contributed by atoms with Gasteiger partial charge >= 0.3 is 5.97 Å². The van der Waals surface area contributed by atoms with Crippen molar-refractivity contribution >= 4 is 17.6 Å². The van der Waals surface area contributed by atoms with Gasteiger partial charge in [0.2, 0.25) is 0 Å². The zero-order chi connectivity index (χ0) is 12.8. The van der Waals surface area contributed by atoms with E-state index in [0.29, 0.717) is 11.1 Å². The van der Waals surface area contributed by atoms with Crippen LogP contribution in [0, 0.1) is 17.1 Å². The van der Waals surface area contributed by atoms with Crippen LogP contribution in [0.15, 0.2) is 12.1 Å². The van der Waals surface area contributed by atoms with Crippen molar-refractivity contribution in [2.45, 2.75) is 19.2 Å². The summed E-state index contributed by atoms with van der Waals surface area (Å²) in [5, 5.41) is 8.89. The van der Waals surface area contributed by atoms with Crippen molar-refractivity contribution in [2.24, 2.45) is 0 Å². The van der Waals surface area contributed by atoms with E-state index in [1.165, 1.54) is 6.07 Å². The Morgan fingerprint density at radius 2 is 2.29 bits per heavy atom. The molecular formula is C12H11ClFNO2. The highest BCUT2D eigenvalue weighted by Gasteiger charge is 2.14. The molecule has 0 amide bonds. The van der Waals surface area contributed by atoms with Crippen LogP contribution in [0.1, 0.15) is 23.6 Å². The largest absolute Gasteiger partial charge is 0.466 e. The maximum atomic E-state index is 13.1. The molecule has 0 spiro atoms. The molecule has 3 nitrogen and oxygen atoms in total. The van der Waals surface area contributed by atoms with Crippen molar-refractivity contribution in [1.29, 1.82) is 5.26 Å². The van der Waals surface area contributed by atoms with Gasteiger partial charge in [-0.1, -0.05) is 0 Å². The van der Waals surface area contributed by atoms with Crippen LogP contribution >= 0.6 is 11.6 Å². The zero-order valence-electron chi connectivity index (χ0n) is 9.30. The summed E-state index contributed by atoms with van der Waals surface area (Å²) in [7, 11) is 0. The van der Waals surface area contributed by atoms with Crippen LogP contribution in [0.4, 0.5) is 4.39 Å². The summed E-state index contributed by atoms with van der Waals surface area (Å²) in [5.41, 5.74) is 0.993. The lowest BCUT2D eigenvalue weighted by Crippen LogP contribution is -2.11. The Hall–Kier alpha value is -1.60. The van der Waals surface area contributed by atoms with Gasteiger partial charge in [-0.2, -0.15) is 5.26 Å². The quantitative estimate of drug-likeness (QED) is 0.614. The fourth-order valence-corrected chi connectivity index (χ4v) is 1.72. The minimum absolute atomic E-state index is 0.0428. The third-order valence-corrected chi connectivity index (χ3v) is 2.49. The molecule has 0 aliphatic carbocycles. The van der Waals surface area contributed by atoms with Gasteiger partial charge in [0, 0.05) is 5.88 Å². The fourth-order valence-electron chi connectivity index (χ4n) is 1.48. The molecule has 0 fully saturated rings. The summed E-state index contributed by atoms with van der Waals surface area (Å²) in [6.45, 7) is 1.95. The van der Waals surface area contributed by atoms with Crippen molar-refractivity contribution in [2.75, 3.05) is 6.61 Å². The number of nitriles is 1. The first-order valence-corrected chi connectivity index (χ1v) is 5.58. The standard InChI is InChI=1S/C12H11ClFNO2/c1-2-17-12(16)5-11-8(6-13)3-10(14)4-9(11)7-15/h3-4H,2,5-6H2,1H3. The summed E-state index contributed by atoms with van der Waals surface area (Å²) in [5.74, 6) is -0.951. The first-order valence-electron chi connectivity index (χ1n) is 5.05. The monoisotopic (exact) mass is 255 g/mol. The van der Waals surface area contributed by atoms with E-state index < -0.39 is 11.8 Å². The first-order chi connectivity index (χ1) is 8.12. The van der Waals surface area contributed by atoms with Gasteiger partial charge in [0.1, 0.15) is 5.82 Å². The molecule has 0 saturated heterocycles. The molecule has 0 aliphatic rings. The van der Waals surface area contributed by atoms with Gasteiger partial charge in [-0.15, -0.1) is 11.6 Å². The van der Waals surface area contributed by atoms with Gasteiger partial charge in [0.25, 0.3) is 0 Å². The topological polar surface area (TPSA) is 50.1 Å². The molecule has 0 radical (unpaired) electrons. The Kier molecular flexibility index (Phi) is 4.92.